The van der Waals surface area contributed by atoms with Crippen molar-refractivity contribution in [1.29, 1.82) is 0 Å². The minimum absolute atomic E-state index is 0.458. The molecular formula is C15H12Br2Cl2N2O2. The predicted molar refractivity (Wildman–Crippen MR) is 103 cm³/mol. The average molecular weight is 483 g/mol. The number of nitrogens with zero attached hydrogens (tertiary/aromatic N) is 1. The Balaban J connectivity index is 2.26. The smallest absolute Gasteiger partial charge is 0.151 e. The summed E-state index contributed by atoms with van der Waals surface area (Å²) in [5.41, 5.74) is 4.38. The van der Waals surface area contributed by atoms with Crippen LogP contribution in [0.4, 0.5) is 5.69 Å². The highest BCUT2D eigenvalue weighted by Gasteiger charge is 2.15. The van der Waals surface area contributed by atoms with Gasteiger partial charge in [-0.25, -0.2) is 0 Å². The molecule has 2 aromatic carbocycles. The quantitative estimate of drug-likeness (QED) is 0.421. The van der Waals surface area contributed by atoms with E-state index >= 15 is 0 Å². The molecular weight excluding hydrogens is 471 g/mol. The van der Waals surface area contributed by atoms with E-state index in [-0.39, 0.29) is 0 Å². The number of benzene rings is 2. The topological polar surface area (TPSA) is 42.8 Å². The Hall–Kier alpha value is -0.950. The lowest BCUT2D eigenvalue weighted by atomic mass is 10.2. The Morgan fingerprint density at radius 3 is 2.35 bits per heavy atom. The van der Waals surface area contributed by atoms with Gasteiger partial charge in [-0.1, -0.05) is 23.2 Å². The minimum atomic E-state index is 0.458. The molecule has 2 rings (SSSR count). The molecule has 0 saturated heterocycles. The van der Waals surface area contributed by atoms with Crippen molar-refractivity contribution >= 4 is 67.0 Å². The number of hydrazone groups is 1. The van der Waals surface area contributed by atoms with E-state index in [1.807, 2.05) is 6.07 Å². The molecule has 0 spiro atoms. The van der Waals surface area contributed by atoms with Gasteiger partial charge in [-0.3, -0.25) is 5.43 Å². The molecule has 0 aliphatic heterocycles. The van der Waals surface area contributed by atoms with Crippen molar-refractivity contribution in [1.82, 2.24) is 0 Å². The highest BCUT2D eigenvalue weighted by molar-refractivity contribution is 9.11. The second kappa shape index (κ2) is 8.24. The van der Waals surface area contributed by atoms with Crippen LogP contribution in [0, 0.1) is 0 Å². The van der Waals surface area contributed by atoms with Crippen LogP contribution in [0.3, 0.4) is 0 Å². The molecule has 0 radical (unpaired) electrons. The van der Waals surface area contributed by atoms with Gasteiger partial charge < -0.3 is 9.47 Å². The van der Waals surface area contributed by atoms with Crippen LogP contribution in [-0.4, -0.2) is 20.4 Å². The molecule has 0 aromatic heterocycles. The van der Waals surface area contributed by atoms with Crippen LogP contribution in [-0.2, 0) is 0 Å². The minimum Gasteiger partial charge on any atom is -0.495 e. The van der Waals surface area contributed by atoms with Crippen molar-refractivity contribution in [3.63, 3.8) is 0 Å². The normalized spacial score (nSPS) is 10.9. The number of nitrogens with one attached hydrogen (secondary N) is 1. The van der Waals surface area contributed by atoms with Gasteiger partial charge in [0.15, 0.2) is 5.75 Å². The van der Waals surface area contributed by atoms with E-state index in [0.717, 1.165) is 15.7 Å². The fourth-order valence-electron chi connectivity index (χ4n) is 1.83. The zero-order valence-corrected chi connectivity index (χ0v) is 16.8. The highest BCUT2D eigenvalue weighted by Crippen LogP contribution is 2.42. The molecule has 122 valence electrons. The largest absolute Gasteiger partial charge is 0.495 e. The summed E-state index contributed by atoms with van der Waals surface area (Å²) in [6.45, 7) is 0. The molecule has 0 unspecified atom stereocenters. The maximum Gasteiger partial charge on any atom is 0.151 e. The number of halogens is 4. The van der Waals surface area contributed by atoms with Crippen molar-refractivity contribution in [3.05, 3.63) is 48.8 Å². The molecule has 0 saturated carbocycles. The van der Waals surface area contributed by atoms with E-state index in [9.17, 15) is 0 Å². The average Bonchev–Trinajstić information content (AvgIpc) is 2.51. The summed E-state index contributed by atoms with van der Waals surface area (Å²) < 4.78 is 12.2. The van der Waals surface area contributed by atoms with E-state index in [2.05, 4.69) is 42.4 Å². The van der Waals surface area contributed by atoms with Crippen LogP contribution in [0.5, 0.6) is 11.5 Å². The SMILES string of the molecule is COc1c(Br)cc(C=NNc2ccc(Cl)c(Cl)c2)c(OC)c1Br. The fraction of sp³-hybridized carbons (Fsp3) is 0.133. The third-order valence-corrected chi connectivity index (χ3v) is 4.93. The second-order valence-electron chi connectivity index (χ2n) is 4.33. The molecule has 0 amide bonds. The van der Waals surface area contributed by atoms with Gasteiger partial charge >= 0.3 is 0 Å². The van der Waals surface area contributed by atoms with Gasteiger partial charge in [0.1, 0.15) is 10.2 Å². The lowest BCUT2D eigenvalue weighted by molar-refractivity contribution is 0.387. The fourth-order valence-corrected chi connectivity index (χ4v) is 3.77. The molecule has 0 aliphatic rings. The third-order valence-electron chi connectivity index (χ3n) is 2.89. The molecule has 23 heavy (non-hydrogen) atoms. The summed E-state index contributed by atoms with van der Waals surface area (Å²) in [5.74, 6) is 1.26. The lowest BCUT2D eigenvalue weighted by Crippen LogP contribution is -1.98. The van der Waals surface area contributed by atoms with Crippen LogP contribution in [0.1, 0.15) is 5.56 Å². The van der Waals surface area contributed by atoms with Gasteiger partial charge in [0.25, 0.3) is 0 Å². The first kappa shape index (κ1) is 18.4. The molecule has 0 heterocycles. The summed E-state index contributed by atoms with van der Waals surface area (Å²) >= 11 is 18.8. The molecule has 8 heteroatoms. The Bertz CT molecular complexity index is 755. The highest BCUT2D eigenvalue weighted by atomic mass is 79.9. The first-order valence-electron chi connectivity index (χ1n) is 6.32. The Morgan fingerprint density at radius 1 is 1.04 bits per heavy atom. The molecule has 0 bridgehead atoms. The monoisotopic (exact) mass is 480 g/mol. The molecule has 1 N–H and O–H groups in total. The number of hydrogen-bond donors (Lipinski definition) is 1. The van der Waals surface area contributed by atoms with E-state index in [4.69, 9.17) is 32.7 Å². The van der Waals surface area contributed by atoms with Gasteiger partial charge in [-0.15, -0.1) is 0 Å². The standard InChI is InChI=1S/C15H12Br2Cl2N2O2/c1-22-14-8(5-10(16)15(23-2)13(14)17)7-20-21-9-3-4-11(18)12(19)6-9/h3-7,21H,1-2H3. The second-order valence-corrected chi connectivity index (χ2v) is 6.79. The van der Waals surface area contributed by atoms with Gasteiger partial charge in [-0.2, -0.15) is 5.10 Å². The predicted octanol–water partition coefficient (Wildman–Crippen LogP) is 5.98. The summed E-state index contributed by atoms with van der Waals surface area (Å²) in [6.07, 6.45) is 1.64. The van der Waals surface area contributed by atoms with E-state index in [0.29, 0.717) is 26.0 Å². The van der Waals surface area contributed by atoms with Crippen molar-refractivity contribution in [2.45, 2.75) is 0 Å². The van der Waals surface area contributed by atoms with Gasteiger partial charge in [0.2, 0.25) is 0 Å². The van der Waals surface area contributed by atoms with Crippen molar-refractivity contribution in [2.75, 3.05) is 19.6 Å². The summed E-state index contributed by atoms with van der Waals surface area (Å²) in [5, 5.41) is 5.14. The molecule has 0 fully saturated rings. The molecule has 4 nitrogen and oxygen atoms in total. The first-order valence-corrected chi connectivity index (χ1v) is 8.66. The van der Waals surface area contributed by atoms with Gasteiger partial charge in [0, 0.05) is 5.56 Å². The Kier molecular flexibility index (Phi) is 6.59. The van der Waals surface area contributed by atoms with Gasteiger partial charge in [0.05, 0.1) is 40.6 Å². The van der Waals surface area contributed by atoms with Crippen LogP contribution in [0.15, 0.2) is 38.3 Å². The first-order chi connectivity index (χ1) is 11.0. The number of hydrogen-bond acceptors (Lipinski definition) is 4. The van der Waals surface area contributed by atoms with E-state index < -0.39 is 0 Å². The van der Waals surface area contributed by atoms with Crippen LogP contribution < -0.4 is 14.9 Å². The summed E-state index contributed by atoms with van der Waals surface area (Å²) in [6, 6.07) is 7.02. The van der Waals surface area contributed by atoms with Crippen LogP contribution >= 0.6 is 55.1 Å². The summed E-state index contributed by atoms with van der Waals surface area (Å²) in [7, 11) is 3.17. The Morgan fingerprint density at radius 2 is 1.74 bits per heavy atom. The molecule has 0 aliphatic carbocycles. The number of anilines is 1. The van der Waals surface area contributed by atoms with Crippen molar-refractivity contribution in [2.24, 2.45) is 5.10 Å². The maximum atomic E-state index is 5.96. The number of methoxy groups -OCH3 is 2. The third kappa shape index (κ3) is 4.32. The van der Waals surface area contributed by atoms with Gasteiger partial charge in [-0.05, 0) is 56.1 Å². The van der Waals surface area contributed by atoms with Crippen LogP contribution in [0.2, 0.25) is 10.0 Å². The maximum absolute atomic E-state index is 5.96. The molecule has 0 atom stereocenters. The number of ether oxygens (including phenoxy) is 2. The molecule has 2 aromatic rings. The zero-order valence-electron chi connectivity index (χ0n) is 12.2. The summed E-state index contributed by atoms with van der Waals surface area (Å²) in [4.78, 5) is 0. The van der Waals surface area contributed by atoms with E-state index in [1.54, 1.807) is 38.6 Å². The zero-order chi connectivity index (χ0) is 17.0. The van der Waals surface area contributed by atoms with Crippen molar-refractivity contribution in [3.8, 4) is 11.5 Å². The Labute approximate surface area is 161 Å². The number of rotatable bonds is 5. The van der Waals surface area contributed by atoms with Crippen molar-refractivity contribution < 1.29 is 9.47 Å². The van der Waals surface area contributed by atoms with Crippen LogP contribution in [0.25, 0.3) is 0 Å². The van der Waals surface area contributed by atoms with E-state index in [1.165, 1.54) is 0 Å². The lowest BCUT2D eigenvalue weighted by Gasteiger charge is -2.13.